The SMILES string of the molecule is CCO[C@H]1OC(C(=O)NCc2ccc(C(=O)Nc3ccccc3N)cc2)=C[C@@H](c2cccc3c2Cc2ccccc2-3)[C@@H]1CCOCCOCCO. The fourth-order valence-electron chi connectivity index (χ4n) is 6.74. The van der Waals surface area contributed by atoms with E-state index in [4.69, 9.17) is 29.8 Å². The summed E-state index contributed by atoms with van der Waals surface area (Å²) in [4.78, 5) is 26.5. The number of anilines is 2. The molecule has 1 aliphatic heterocycles. The van der Waals surface area contributed by atoms with E-state index in [1.54, 1.807) is 42.5 Å². The summed E-state index contributed by atoms with van der Waals surface area (Å²) in [6, 6.07) is 29.0. The first-order valence-electron chi connectivity index (χ1n) is 17.5. The molecule has 0 unspecified atom stereocenters. The van der Waals surface area contributed by atoms with Gasteiger partial charge in [-0.05, 0) is 83.5 Å². The Hall–Kier alpha value is -5.00. The minimum absolute atomic E-state index is 0.0267. The molecule has 3 atom stereocenters. The summed E-state index contributed by atoms with van der Waals surface area (Å²) in [6.45, 7) is 4.07. The molecule has 0 saturated carbocycles. The number of amides is 2. The van der Waals surface area contributed by atoms with Crippen molar-refractivity contribution in [1.29, 1.82) is 0 Å². The van der Waals surface area contributed by atoms with Crippen LogP contribution in [-0.4, -0.2) is 62.9 Å². The van der Waals surface area contributed by atoms with Crippen LogP contribution in [0.3, 0.4) is 0 Å². The molecule has 0 fully saturated rings. The first kappa shape index (κ1) is 35.8. The first-order chi connectivity index (χ1) is 25.0. The summed E-state index contributed by atoms with van der Waals surface area (Å²) >= 11 is 0. The highest BCUT2D eigenvalue weighted by molar-refractivity contribution is 6.05. The van der Waals surface area contributed by atoms with Gasteiger partial charge in [-0.25, -0.2) is 0 Å². The van der Waals surface area contributed by atoms with Crippen molar-refractivity contribution in [2.75, 3.05) is 50.7 Å². The molecule has 0 bridgehead atoms. The van der Waals surface area contributed by atoms with Gasteiger partial charge < -0.3 is 40.4 Å². The maximum Gasteiger partial charge on any atom is 0.286 e. The number of para-hydroxylation sites is 2. The molecule has 4 aromatic rings. The average molecular weight is 692 g/mol. The molecule has 1 heterocycles. The van der Waals surface area contributed by atoms with Gasteiger partial charge in [0.15, 0.2) is 5.76 Å². The Morgan fingerprint density at radius 2 is 1.61 bits per heavy atom. The third kappa shape index (κ3) is 8.66. The normalized spacial score (nSPS) is 17.5. The molecule has 0 saturated heterocycles. The second-order valence-electron chi connectivity index (χ2n) is 12.5. The van der Waals surface area contributed by atoms with Crippen LogP contribution in [0.1, 0.15) is 51.9 Å². The van der Waals surface area contributed by atoms with Gasteiger partial charge in [-0.2, -0.15) is 0 Å². The Morgan fingerprint density at radius 3 is 2.39 bits per heavy atom. The van der Waals surface area contributed by atoms with Gasteiger partial charge in [0, 0.05) is 37.2 Å². The van der Waals surface area contributed by atoms with E-state index in [9.17, 15) is 9.59 Å². The summed E-state index contributed by atoms with van der Waals surface area (Å²) in [7, 11) is 0. The molecule has 6 rings (SSSR count). The zero-order valence-electron chi connectivity index (χ0n) is 28.8. The molecule has 4 aromatic carbocycles. The molecule has 0 aromatic heterocycles. The Morgan fingerprint density at radius 1 is 0.863 bits per heavy atom. The van der Waals surface area contributed by atoms with Crippen LogP contribution >= 0.6 is 0 Å². The maximum atomic E-state index is 13.7. The molecule has 1 aliphatic carbocycles. The lowest BCUT2D eigenvalue weighted by atomic mass is 9.78. The standard InChI is InChI=1S/C41H45N3O7/c1-2-50-41-33(18-20-48-22-23-49-21-19-45)35(32-11-7-10-31-30-9-4-3-8-29(30)24-34(31)32)25-38(51-41)40(47)43-26-27-14-16-28(17-15-27)39(46)44-37-13-6-5-12-36(37)42/h3-17,25,33,35,41,45H,2,18-24,26,42H2,1H3,(H,43,47)(H,44,46)/t33-,35-,41-/m0/s1. The number of carbonyl (C=O) groups excluding carboxylic acids is 2. The van der Waals surface area contributed by atoms with Crippen molar-refractivity contribution in [3.05, 3.63) is 131 Å². The van der Waals surface area contributed by atoms with E-state index < -0.39 is 6.29 Å². The smallest absolute Gasteiger partial charge is 0.286 e. The Bertz CT molecular complexity index is 1840. The summed E-state index contributed by atoms with van der Waals surface area (Å²) in [6.07, 6.45) is 2.71. The second-order valence-corrected chi connectivity index (χ2v) is 12.5. The van der Waals surface area contributed by atoms with Crippen LogP contribution in [0.4, 0.5) is 11.4 Å². The predicted molar refractivity (Wildman–Crippen MR) is 196 cm³/mol. The topological polar surface area (TPSA) is 141 Å². The van der Waals surface area contributed by atoms with E-state index in [2.05, 4.69) is 53.1 Å². The third-order valence-corrected chi connectivity index (χ3v) is 9.27. The summed E-state index contributed by atoms with van der Waals surface area (Å²) in [5, 5.41) is 14.8. The van der Waals surface area contributed by atoms with Gasteiger partial charge in [0.2, 0.25) is 6.29 Å². The number of hydrogen-bond donors (Lipinski definition) is 4. The molecular weight excluding hydrogens is 646 g/mol. The summed E-state index contributed by atoms with van der Waals surface area (Å²) in [5.41, 5.74) is 14.4. The Labute approximate surface area is 298 Å². The number of ether oxygens (including phenoxy) is 4. The first-order valence-corrected chi connectivity index (χ1v) is 17.5. The molecule has 2 amide bonds. The average Bonchev–Trinajstić information content (AvgIpc) is 3.54. The van der Waals surface area contributed by atoms with E-state index in [-0.39, 0.29) is 49.2 Å². The minimum Gasteiger partial charge on any atom is -0.459 e. The summed E-state index contributed by atoms with van der Waals surface area (Å²) in [5.74, 6) is -0.719. The largest absolute Gasteiger partial charge is 0.459 e. The fraction of sp³-hybridized carbons (Fsp3) is 0.317. The highest BCUT2D eigenvalue weighted by Crippen LogP contribution is 2.45. The minimum atomic E-state index is -0.670. The van der Waals surface area contributed by atoms with E-state index in [0.29, 0.717) is 49.8 Å². The molecule has 2 aliphatic rings. The molecule has 266 valence electrons. The molecule has 0 radical (unpaired) electrons. The van der Waals surface area contributed by atoms with Crippen LogP contribution in [0.2, 0.25) is 0 Å². The lowest BCUT2D eigenvalue weighted by Gasteiger charge is -2.37. The fourth-order valence-corrected chi connectivity index (χ4v) is 6.74. The van der Waals surface area contributed by atoms with Gasteiger partial charge in [0.1, 0.15) is 0 Å². The van der Waals surface area contributed by atoms with Crippen molar-refractivity contribution in [1.82, 2.24) is 5.32 Å². The van der Waals surface area contributed by atoms with Crippen molar-refractivity contribution >= 4 is 23.2 Å². The van der Waals surface area contributed by atoms with Crippen molar-refractivity contribution in [2.24, 2.45) is 5.92 Å². The number of benzene rings is 4. The number of hydrogen-bond acceptors (Lipinski definition) is 8. The third-order valence-electron chi connectivity index (χ3n) is 9.27. The highest BCUT2D eigenvalue weighted by atomic mass is 16.7. The monoisotopic (exact) mass is 691 g/mol. The number of nitrogen functional groups attached to an aromatic ring is 1. The number of nitrogens with one attached hydrogen (secondary N) is 2. The zero-order chi connectivity index (χ0) is 35.6. The number of carbonyl (C=O) groups is 2. The number of fused-ring (bicyclic) bond motifs is 3. The highest BCUT2D eigenvalue weighted by Gasteiger charge is 2.39. The number of allylic oxidation sites excluding steroid dienone is 1. The zero-order valence-corrected chi connectivity index (χ0v) is 28.8. The van der Waals surface area contributed by atoms with Gasteiger partial charge in [0.05, 0.1) is 37.8 Å². The van der Waals surface area contributed by atoms with Crippen LogP contribution in [0, 0.1) is 5.92 Å². The van der Waals surface area contributed by atoms with Crippen molar-refractivity contribution in [3.63, 3.8) is 0 Å². The van der Waals surface area contributed by atoms with Crippen LogP contribution in [-0.2, 0) is 36.7 Å². The van der Waals surface area contributed by atoms with Gasteiger partial charge >= 0.3 is 0 Å². The molecule has 5 N–H and O–H groups in total. The van der Waals surface area contributed by atoms with E-state index in [0.717, 1.165) is 17.5 Å². The van der Waals surface area contributed by atoms with Crippen LogP contribution < -0.4 is 16.4 Å². The quantitative estimate of drug-likeness (QED) is 0.0752. The van der Waals surface area contributed by atoms with E-state index in [1.807, 2.05) is 19.1 Å². The van der Waals surface area contributed by atoms with E-state index >= 15 is 0 Å². The lowest BCUT2D eigenvalue weighted by Crippen LogP contribution is -2.39. The summed E-state index contributed by atoms with van der Waals surface area (Å²) < 4.78 is 23.7. The van der Waals surface area contributed by atoms with E-state index in [1.165, 1.54) is 22.3 Å². The van der Waals surface area contributed by atoms with Gasteiger partial charge in [-0.3, -0.25) is 9.59 Å². The maximum absolute atomic E-state index is 13.7. The number of rotatable bonds is 16. The van der Waals surface area contributed by atoms with Crippen molar-refractivity contribution < 1.29 is 33.6 Å². The molecule has 0 spiro atoms. The number of aliphatic hydroxyl groups excluding tert-OH is 1. The van der Waals surface area contributed by atoms with Gasteiger partial charge in [0.25, 0.3) is 11.8 Å². The van der Waals surface area contributed by atoms with Gasteiger partial charge in [-0.1, -0.05) is 66.7 Å². The van der Waals surface area contributed by atoms with Crippen molar-refractivity contribution in [3.8, 4) is 11.1 Å². The Kier molecular flexibility index (Phi) is 12.1. The molecule has 10 heteroatoms. The van der Waals surface area contributed by atoms with Gasteiger partial charge in [-0.15, -0.1) is 0 Å². The molecule has 10 nitrogen and oxygen atoms in total. The van der Waals surface area contributed by atoms with Crippen molar-refractivity contribution in [2.45, 2.75) is 38.5 Å². The Balaban J connectivity index is 1.19. The second kappa shape index (κ2) is 17.3. The van der Waals surface area contributed by atoms with Crippen LogP contribution in [0.25, 0.3) is 11.1 Å². The number of aliphatic hydroxyl groups is 1. The molecular formula is C41H45N3O7. The number of nitrogens with two attached hydrogens (primary N) is 1. The van der Waals surface area contributed by atoms with Crippen LogP contribution in [0.5, 0.6) is 0 Å². The van der Waals surface area contributed by atoms with Crippen LogP contribution in [0.15, 0.2) is 103 Å². The lowest BCUT2D eigenvalue weighted by molar-refractivity contribution is -0.168. The molecule has 51 heavy (non-hydrogen) atoms. The predicted octanol–water partition coefficient (Wildman–Crippen LogP) is 5.80.